The molecule has 136 valence electrons. The van der Waals surface area contributed by atoms with Crippen molar-refractivity contribution in [2.45, 2.75) is 38.5 Å². The number of hydrogen-bond donors (Lipinski definition) is 1. The number of thioether (sulfide) groups is 1. The van der Waals surface area contributed by atoms with E-state index in [1.54, 1.807) is 11.8 Å². The summed E-state index contributed by atoms with van der Waals surface area (Å²) in [6.45, 7) is 7.74. The summed E-state index contributed by atoms with van der Waals surface area (Å²) in [5.74, 6) is 0.708. The van der Waals surface area contributed by atoms with Gasteiger partial charge in [-0.25, -0.2) is 4.79 Å². The summed E-state index contributed by atoms with van der Waals surface area (Å²) in [5.41, 5.74) is 0. The second-order valence-corrected chi connectivity index (χ2v) is 7.85. The van der Waals surface area contributed by atoms with Gasteiger partial charge in [0.25, 0.3) is 0 Å². The number of esters is 1. The van der Waals surface area contributed by atoms with E-state index < -0.39 is 5.97 Å². The van der Waals surface area contributed by atoms with Crippen molar-refractivity contribution in [3.05, 3.63) is 0 Å². The molecule has 2 heterocycles. The van der Waals surface area contributed by atoms with Crippen LogP contribution in [-0.4, -0.2) is 71.1 Å². The van der Waals surface area contributed by atoms with Crippen LogP contribution < -0.4 is 5.32 Å². The zero-order valence-corrected chi connectivity index (χ0v) is 15.5. The van der Waals surface area contributed by atoms with Gasteiger partial charge in [0, 0.05) is 31.3 Å². The van der Waals surface area contributed by atoms with Gasteiger partial charge in [-0.3, -0.25) is 9.59 Å². The summed E-state index contributed by atoms with van der Waals surface area (Å²) in [6.07, 6.45) is 1.53. The Bertz CT molecular complexity index is 490. The highest BCUT2D eigenvalue weighted by Crippen LogP contribution is 2.44. The Labute approximate surface area is 147 Å². The first-order valence-electron chi connectivity index (χ1n) is 8.53. The molecule has 0 aliphatic carbocycles. The van der Waals surface area contributed by atoms with Crippen LogP contribution in [0.1, 0.15) is 33.6 Å². The highest BCUT2D eigenvalue weighted by molar-refractivity contribution is 8.00. The lowest BCUT2D eigenvalue weighted by atomic mass is 10.0. The van der Waals surface area contributed by atoms with E-state index in [-0.39, 0.29) is 29.3 Å². The molecule has 2 saturated heterocycles. The van der Waals surface area contributed by atoms with Gasteiger partial charge in [-0.2, -0.15) is 0 Å². The average Bonchev–Trinajstić information content (AvgIpc) is 2.95. The topological polar surface area (TPSA) is 79.0 Å². The van der Waals surface area contributed by atoms with Gasteiger partial charge in [-0.1, -0.05) is 13.8 Å². The third kappa shape index (κ3) is 4.15. The minimum Gasteiger partial charge on any atom is -0.465 e. The molecule has 0 bridgehead atoms. The van der Waals surface area contributed by atoms with Gasteiger partial charge in [-0.05, 0) is 19.8 Å². The van der Waals surface area contributed by atoms with Crippen LogP contribution in [0.25, 0.3) is 0 Å². The number of hydrogen-bond acceptors (Lipinski definition) is 5. The van der Waals surface area contributed by atoms with Gasteiger partial charge in [0.05, 0.1) is 11.5 Å². The highest BCUT2D eigenvalue weighted by atomic mass is 32.2. The van der Waals surface area contributed by atoms with Crippen LogP contribution in [0.3, 0.4) is 0 Å². The lowest BCUT2D eigenvalue weighted by Crippen LogP contribution is -2.56. The van der Waals surface area contributed by atoms with E-state index in [4.69, 9.17) is 4.74 Å². The summed E-state index contributed by atoms with van der Waals surface area (Å²) in [5, 5.41) is 2.59. The van der Waals surface area contributed by atoms with Crippen molar-refractivity contribution in [1.82, 2.24) is 15.1 Å². The second-order valence-electron chi connectivity index (χ2n) is 6.39. The molecule has 2 aliphatic rings. The molecule has 7 nitrogen and oxygen atoms in total. The Morgan fingerprint density at radius 1 is 1.21 bits per heavy atom. The van der Waals surface area contributed by atoms with Gasteiger partial charge in [-0.15, -0.1) is 11.8 Å². The fourth-order valence-electron chi connectivity index (χ4n) is 3.18. The Morgan fingerprint density at radius 3 is 2.46 bits per heavy atom. The summed E-state index contributed by atoms with van der Waals surface area (Å²) in [7, 11) is 0. The molecule has 0 aromatic carbocycles. The quantitative estimate of drug-likeness (QED) is 0.767. The van der Waals surface area contributed by atoms with E-state index in [0.29, 0.717) is 19.7 Å². The maximum absolute atomic E-state index is 12.4. The Kier molecular flexibility index (Phi) is 6.37. The van der Waals surface area contributed by atoms with E-state index in [0.717, 1.165) is 25.1 Å². The van der Waals surface area contributed by atoms with Crippen molar-refractivity contribution in [2.24, 2.45) is 5.92 Å². The first-order chi connectivity index (χ1) is 11.4. The fourth-order valence-corrected chi connectivity index (χ4v) is 4.64. The molecule has 8 heteroatoms. The molecular formula is C16H27N3O4S. The van der Waals surface area contributed by atoms with Crippen molar-refractivity contribution in [3.8, 4) is 0 Å². The van der Waals surface area contributed by atoms with Crippen molar-refractivity contribution >= 4 is 29.7 Å². The number of ether oxygens (including phenoxy) is 1. The Morgan fingerprint density at radius 2 is 1.88 bits per heavy atom. The molecule has 1 N–H and O–H groups in total. The minimum absolute atomic E-state index is 0.00789. The van der Waals surface area contributed by atoms with Crippen LogP contribution in [-0.2, 0) is 14.3 Å². The van der Waals surface area contributed by atoms with Gasteiger partial charge in [0.2, 0.25) is 5.91 Å². The van der Waals surface area contributed by atoms with Crippen molar-refractivity contribution in [3.63, 3.8) is 0 Å². The van der Waals surface area contributed by atoms with E-state index in [1.807, 2.05) is 30.5 Å². The average molecular weight is 357 g/mol. The number of rotatable bonds is 4. The lowest BCUT2D eigenvalue weighted by Gasteiger charge is -2.44. The van der Waals surface area contributed by atoms with Crippen LogP contribution in [0.4, 0.5) is 4.79 Å². The van der Waals surface area contributed by atoms with Crippen LogP contribution in [0.2, 0.25) is 0 Å². The fraction of sp³-hybridized carbons (Fsp3) is 0.812. The zero-order chi connectivity index (χ0) is 17.7. The van der Waals surface area contributed by atoms with Crippen LogP contribution >= 0.6 is 11.8 Å². The van der Waals surface area contributed by atoms with Crippen LogP contribution in [0.15, 0.2) is 0 Å². The Balaban J connectivity index is 1.87. The number of likely N-dealkylation sites (tertiary alicyclic amines) is 1. The van der Waals surface area contributed by atoms with E-state index in [9.17, 15) is 14.4 Å². The number of carbonyl (C=O) groups excluding carboxylic acids is 3. The predicted octanol–water partition coefficient (Wildman–Crippen LogP) is 1.28. The SMILES string of the molecule is CCOC(=O)CNC(=O)N1CCC2(CC1)SCCN2C(=O)C(C)C. The molecule has 0 aromatic heterocycles. The number of amides is 3. The highest BCUT2D eigenvalue weighted by Gasteiger charge is 2.47. The first kappa shape index (κ1) is 18.9. The van der Waals surface area contributed by atoms with Crippen molar-refractivity contribution < 1.29 is 19.1 Å². The maximum Gasteiger partial charge on any atom is 0.325 e. The lowest BCUT2D eigenvalue weighted by molar-refractivity contribution is -0.142. The second kappa shape index (κ2) is 8.09. The van der Waals surface area contributed by atoms with Gasteiger partial charge in [0.1, 0.15) is 6.54 Å². The van der Waals surface area contributed by atoms with Gasteiger partial charge < -0.3 is 19.9 Å². The zero-order valence-electron chi connectivity index (χ0n) is 14.7. The monoisotopic (exact) mass is 357 g/mol. The molecule has 0 radical (unpaired) electrons. The van der Waals surface area contributed by atoms with E-state index in [1.165, 1.54) is 0 Å². The molecule has 0 unspecified atom stereocenters. The molecule has 24 heavy (non-hydrogen) atoms. The molecule has 2 fully saturated rings. The molecule has 0 aromatic rings. The van der Waals surface area contributed by atoms with E-state index in [2.05, 4.69) is 5.32 Å². The molecule has 1 spiro atoms. The minimum atomic E-state index is -0.431. The Hall–Kier alpha value is -1.44. The number of urea groups is 1. The molecule has 0 saturated carbocycles. The molecule has 0 atom stereocenters. The van der Waals surface area contributed by atoms with Crippen molar-refractivity contribution in [1.29, 1.82) is 0 Å². The number of nitrogens with one attached hydrogen (secondary N) is 1. The third-order valence-corrected chi connectivity index (χ3v) is 6.01. The molecular weight excluding hydrogens is 330 g/mol. The van der Waals surface area contributed by atoms with Crippen molar-refractivity contribution in [2.75, 3.05) is 38.5 Å². The molecule has 2 aliphatic heterocycles. The first-order valence-corrected chi connectivity index (χ1v) is 9.52. The standard InChI is InChI=1S/C16H27N3O4S/c1-4-23-13(20)11-17-15(22)18-7-5-16(6-8-18)19(9-10-24-16)14(21)12(2)3/h12H,4-11H2,1-3H3,(H,17,22). The summed E-state index contributed by atoms with van der Waals surface area (Å²) in [6, 6.07) is -0.248. The van der Waals surface area contributed by atoms with Crippen LogP contribution in [0, 0.1) is 5.92 Å². The largest absolute Gasteiger partial charge is 0.465 e. The molecule has 3 amide bonds. The maximum atomic E-state index is 12.4. The predicted molar refractivity (Wildman–Crippen MR) is 92.6 cm³/mol. The normalized spacial score (nSPS) is 19.7. The summed E-state index contributed by atoms with van der Waals surface area (Å²) >= 11 is 1.83. The molecule has 2 rings (SSSR count). The van der Waals surface area contributed by atoms with Gasteiger partial charge in [0.15, 0.2) is 0 Å². The summed E-state index contributed by atoms with van der Waals surface area (Å²) in [4.78, 5) is 39.5. The summed E-state index contributed by atoms with van der Waals surface area (Å²) < 4.78 is 4.80. The van der Waals surface area contributed by atoms with Crippen LogP contribution in [0.5, 0.6) is 0 Å². The van der Waals surface area contributed by atoms with Gasteiger partial charge >= 0.3 is 12.0 Å². The number of piperidine rings is 1. The smallest absolute Gasteiger partial charge is 0.325 e. The third-order valence-electron chi connectivity index (χ3n) is 4.46. The number of carbonyl (C=O) groups is 3. The van der Waals surface area contributed by atoms with E-state index >= 15 is 0 Å². The number of nitrogens with zero attached hydrogens (tertiary/aromatic N) is 2.